The second kappa shape index (κ2) is 43.7. The Hall–Kier alpha value is -1.58. The largest absolute Gasteiger partial charge is 4.00 e. The van der Waals surface area contributed by atoms with Crippen molar-refractivity contribution in [1.82, 2.24) is 0 Å². The van der Waals surface area contributed by atoms with Gasteiger partial charge in [0.1, 0.15) is 0 Å². The van der Waals surface area contributed by atoms with Crippen molar-refractivity contribution >= 4 is 83.6 Å². The van der Waals surface area contributed by atoms with E-state index < -0.39 is 35.8 Å². The Morgan fingerprint density at radius 1 is 0.385 bits per heavy atom. The summed E-state index contributed by atoms with van der Waals surface area (Å²) in [6.07, 6.45) is 0. The standard InChI is InChI=1S/6C2H4O2.2Sn/c6*1-2(3)4;;/h6*1H3,(H,3,4);;/q;;;;;;+2;+4/p-6. The number of hydrogen-bond donors (Lipinski definition) is 0. The van der Waals surface area contributed by atoms with Gasteiger partial charge in [-0.25, -0.2) is 0 Å². The summed E-state index contributed by atoms with van der Waals surface area (Å²) in [6.45, 7) is 5.83. The van der Waals surface area contributed by atoms with Gasteiger partial charge in [0, 0.05) is 35.8 Å². The Kier molecular flexibility index (Phi) is 83.4. The van der Waals surface area contributed by atoms with E-state index in [1.54, 1.807) is 0 Å². The molecule has 0 N–H and O–H groups in total. The predicted molar refractivity (Wildman–Crippen MR) is 75.6 cm³/mol. The maximum atomic E-state index is 8.89. The zero-order valence-electron chi connectivity index (χ0n) is 14.9. The molecule has 26 heavy (non-hydrogen) atoms. The topological polar surface area (TPSA) is 241 Å². The molecule has 0 atom stereocenters. The Balaban J connectivity index is -0.0000000245. The van der Waals surface area contributed by atoms with Crippen molar-refractivity contribution in [3.63, 3.8) is 0 Å². The zero-order chi connectivity index (χ0) is 21.5. The van der Waals surface area contributed by atoms with Gasteiger partial charge in [-0.3, -0.25) is 0 Å². The molecule has 0 bridgehead atoms. The van der Waals surface area contributed by atoms with Crippen LogP contribution in [0, 0.1) is 0 Å². The Bertz CT molecular complexity index is 265. The Labute approximate surface area is 184 Å². The molecule has 0 fully saturated rings. The van der Waals surface area contributed by atoms with Crippen LogP contribution in [0.4, 0.5) is 0 Å². The van der Waals surface area contributed by atoms with Crippen molar-refractivity contribution < 1.29 is 59.4 Å². The van der Waals surface area contributed by atoms with E-state index in [4.69, 9.17) is 59.4 Å². The molecular formula is C12H18O12Sn2. The van der Waals surface area contributed by atoms with Gasteiger partial charge < -0.3 is 59.4 Å². The van der Waals surface area contributed by atoms with Crippen molar-refractivity contribution in [1.29, 1.82) is 0 Å². The molecule has 14 heteroatoms. The minimum atomic E-state index is -1.08. The maximum Gasteiger partial charge on any atom is 4.00 e. The van der Waals surface area contributed by atoms with Gasteiger partial charge in [-0.15, -0.1) is 0 Å². The summed E-state index contributed by atoms with van der Waals surface area (Å²) in [5, 5.41) is 53.3. The molecule has 0 rings (SSSR count). The van der Waals surface area contributed by atoms with Gasteiger partial charge in [-0.1, -0.05) is 0 Å². The van der Waals surface area contributed by atoms with Crippen LogP contribution in [0.15, 0.2) is 0 Å². The first kappa shape index (κ1) is 49.7. The summed E-state index contributed by atoms with van der Waals surface area (Å²) in [6, 6.07) is 0. The quantitative estimate of drug-likeness (QED) is 0.239. The molecule has 0 aliphatic carbocycles. The van der Waals surface area contributed by atoms with Gasteiger partial charge in [-0.05, 0) is 41.5 Å². The third kappa shape index (κ3) is 4110. The first-order valence-corrected chi connectivity index (χ1v) is 5.45. The van der Waals surface area contributed by atoms with Crippen LogP contribution in [-0.4, -0.2) is 83.6 Å². The van der Waals surface area contributed by atoms with Crippen LogP contribution in [0.3, 0.4) is 0 Å². The molecule has 0 saturated heterocycles. The van der Waals surface area contributed by atoms with E-state index in [0.717, 1.165) is 41.5 Å². The zero-order valence-corrected chi connectivity index (χ0v) is 20.6. The monoisotopic (exact) mass is 594 g/mol. The minimum absolute atomic E-state index is 0. The van der Waals surface area contributed by atoms with Crippen molar-refractivity contribution in [2.75, 3.05) is 0 Å². The molecule has 0 aromatic rings. The Morgan fingerprint density at radius 2 is 0.385 bits per heavy atom. The van der Waals surface area contributed by atoms with E-state index in [-0.39, 0.29) is 47.8 Å². The van der Waals surface area contributed by atoms with E-state index in [1.807, 2.05) is 0 Å². The number of rotatable bonds is 0. The molecule has 0 aliphatic rings. The molecule has 146 valence electrons. The first-order valence-electron chi connectivity index (χ1n) is 5.45. The molecule has 0 amide bonds. The SMILES string of the molecule is CC(=O)[O-].CC(=O)[O-].CC(=O)[O-].CC(=O)[O-].CC(=O)[O-].CC(=O)[O-].[Sn+2].[Sn+4]. The summed E-state index contributed by atoms with van der Waals surface area (Å²) < 4.78 is 0. The van der Waals surface area contributed by atoms with Crippen molar-refractivity contribution in [3.8, 4) is 0 Å². The number of carbonyl (C=O) groups is 6. The molecular weight excluding hydrogens is 574 g/mol. The van der Waals surface area contributed by atoms with E-state index in [1.165, 1.54) is 0 Å². The van der Waals surface area contributed by atoms with Gasteiger partial charge in [-0.2, -0.15) is 0 Å². The molecule has 0 saturated carbocycles. The smallest absolute Gasteiger partial charge is 0.550 e. The molecule has 0 spiro atoms. The van der Waals surface area contributed by atoms with Crippen LogP contribution < -0.4 is 30.6 Å². The van der Waals surface area contributed by atoms with Crippen LogP contribution >= 0.6 is 0 Å². The fraction of sp³-hybridized carbons (Fsp3) is 0.500. The molecule has 2 radical (unpaired) electrons. The summed E-state index contributed by atoms with van der Waals surface area (Å²) in [5.74, 6) is -6.50. The number of carbonyl (C=O) groups excluding carboxylic acids is 6. The second-order valence-electron chi connectivity index (χ2n) is 2.95. The van der Waals surface area contributed by atoms with Crippen molar-refractivity contribution in [3.05, 3.63) is 0 Å². The van der Waals surface area contributed by atoms with Gasteiger partial charge >= 0.3 is 47.8 Å². The van der Waals surface area contributed by atoms with Gasteiger partial charge in [0.15, 0.2) is 0 Å². The summed E-state index contributed by atoms with van der Waals surface area (Å²) >= 11 is 0. The maximum absolute atomic E-state index is 8.89. The van der Waals surface area contributed by atoms with Crippen molar-refractivity contribution in [2.24, 2.45) is 0 Å². The van der Waals surface area contributed by atoms with Crippen molar-refractivity contribution in [2.45, 2.75) is 41.5 Å². The van der Waals surface area contributed by atoms with Gasteiger partial charge in [0.2, 0.25) is 0 Å². The van der Waals surface area contributed by atoms with E-state index in [2.05, 4.69) is 0 Å². The van der Waals surface area contributed by atoms with Crippen LogP contribution in [0.25, 0.3) is 0 Å². The first-order chi connectivity index (χ1) is 10.4. The van der Waals surface area contributed by atoms with Crippen LogP contribution in [0.2, 0.25) is 0 Å². The minimum Gasteiger partial charge on any atom is -0.550 e. The molecule has 0 unspecified atom stereocenters. The van der Waals surface area contributed by atoms with Gasteiger partial charge in [0.05, 0.1) is 0 Å². The van der Waals surface area contributed by atoms with Crippen LogP contribution in [0.1, 0.15) is 41.5 Å². The molecule has 0 aliphatic heterocycles. The molecule has 0 aromatic heterocycles. The fourth-order valence-electron chi connectivity index (χ4n) is 0. The van der Waals surface area contributed by atoms with E-state index in [0.29, 0.717) is 0 Å². The molecule has 12 nitrogen and oxygen atoms in total. The second-order valence-corrected chi connectivity index (χ2v) is 2.95. The average Bonchev–Trinajstić information content (AvgIpc) is 2.08. The summed E-state index contributed by atoms with van der Waals surface area (Å²) in [4.78, 5) is 53.3. The predicted octanol–water partition coefficient (Wildman–Crippen LogP) is -8.22. The summed E-state index contributed by atoms with van der Waals surface area (Å²) in [5.41, 5.74) is 0. The number of aliphatic carboxylic acids is 6. The third-order valence-electron chi connectivity index (χ3n) is 0. The molecule has 0 heterocycles. The van der Waals surface area contributed by atoms with Crippen LogP contribution in [-0.2, 0) is 28.8 Å². The van der Waals surface area contributed by atoms with Crippen LogP contribution in [0.5, 0.6) is 0 Å². The van der Waals surface area contributed by atoms with E-state index >= 15 is 0 Å². The summed E-state index contributed by atoms with van der Waals surface area (Å²) in [7, 11) is 0. The van der Waals surface area contributed by atoms with E-state index in [9.17, 15) is 0 Å². The Morgan fingerprint density at radius 3 is 0.385 bits per heavy atom. The number of hydrogen-bond acceptors (Lipinski definition) is 12. The number of carboxylic acids is 6. The normalized spacial score (nSPS) is 5.77. The third-order valence-corrected chi connectivity index (χ3v) is 0. The molecule has 0 aromatic carbocycles. The van der Waals surface area contributed by atoms with Gasteiger partial charge in [0.25, 0.3) is 0 Å². The number of carboxylic acid groups (broad SMARTS) is 6. The fourth-order valence-corrected chi connectivity index (χ4v) is 0. The average molecular weight is 592 g/mol.